The van der Waals surface area contributed by atoms with E-state index in [0.717, 1.165) is 50.1 Å². The molecule has 0 radical (unpaired) electrons. The Bertz CT molecular complexity index is 1550. The SMILES string of the molecule is CCOC(=O)c1csc(-c2ccc3cc(C(=O)OCc4ccccc4)c(C45CC6CC(CC(C6)C4)C5)cc3c2)c1. The molecule has 4 aliphatic carbocycles. The van der Waals surface area contributed by atoms with Crippen LogP contribution in [0.4, 0.5) is 0 Å². The van der Waals surface area contributed by atoms with Gasteiger partial charge in [0.15, 0.2) is 0 Å². The van der Waals surface area contributed by atoms with Crippen LogP contribution in [0.5, 0.6) is 0 Å². The fraction of sp³-hybridized carbons (Fsp3) is 0.371. The Labute approximate surface area is 239 Å². The van der Waals surface area contributed by atoms with Gasteiger partial charge in [-0.1, -0.05) is 42.5 Å². The number of hydrogen-bond donors (Lipinski definition) is 0. The van der Waals surface area contributed by atoms with Gasteiger partial charge in [-0.15, -0.1) is 11.3 Å². The molecule has 0 spiro atoms. The molecule has 3 aromatic carbocycles. The van der Waals surface area contributed by atoms with Gasteiger partial charge in [0.25, 0.3) is 0 Å². The van der Waals surface area contributed by atoms with Crippen LogP contribution in [0.3, 0.4) is 0 Å². The zero-order valence-corrected chi connectivity index (χ0v) is 23.7. The zero-order chi connectivity index (χ0) is 27.3. The van der Waals surface area contributed by atoms with Crippen LogP contribution < -0.4 is 0 Å². The number of carbonyl (C=O) groups is 2. The Kier molecular flexibility index (Phi) is 6.50. The maximum atomic E-state index is 13.7. The molecular formula is C35H34O4S. The third-order valence-electron chi connectivity index (χ3n) is 9.41. The van der Waals surface area contributed by atoms with Gasteiger partial charge in [-0.3, -0.25) is 0 Å². The molecule has 1 aromatic heterocycles. The van der Waals surface area contributed by atoms with Crippen molar-refractivity contribution in [1.82, 2.24) is 0 Å². The van der Waals surface area contributed by atoms with Crippen LogP contribution in [-0.4, -0.2) is 18.5 Å². The van der Waals surface area contributed by atoms with Crippen molar-refractivity contribution in [3.8, 4) is 10.4 Å². The van der Waals surface area contributed by atoms with Gasteiger partial charge in [-0.05, 0) is 120 Å². The normalized spacial score (nSPS) is 24.8. The van der Waals surface area contributed by atoms with Crippen molar-refractivity contribution in [2.24, 2.45) is 17.8 Å². The lowest BCUT2D eigenvalue weighted by atomic mass is 9.47. The van der Waals surface area contributed by atoms with E-state index in [-0.39, 0.29) is 24.0 Å². The number of ether oxygens (including phenoxy) is 2. The molecule has 0 amide bonds. The van der Waals surface area contributed by atoms with Crippen LogP contribution in [0.1, 0.15) is 77.3 Å². The largest absolute Gasteiger partial charge is 0.462 e. The molecule has 1 heterocycles. The van der Waals surface area contributed by atoms with Gasteiger partial charge in [-0.25, -0.2) is 9.59 Å². The van der Waals surface area contributed by atoms with E-state index in [9.17, 15) is 9.59 Å². The fourth-order valence-corrected chi connectivity index (χ4v) is 8.99. The highest BCUT2D eigenvalue weighted by atomic mass is 32.1. The highest BCUT2D eigenvalue weighted by molar-refractivity contribution is 7.13. The molecule has 4 fully saturated rings. The standard InChI is InChI=1S/C35H34O4S/c1-2-38-33(36)29-16-32(40-21-29)27-9-8-26-14-30(34(37)39-20-22-6-4-3-5-7-22)31(15-28(26)13-27)35-17-23-10-24(18-35)12-25(11-23)19-35/h3-9,13-16,21,23-25H,2,10-12,17-20H2,1H3. The summed E-state index contributed by atoms with van der Waals surface area (Å²) in [6.45, 7) is 2.46. The highest BCUT2D eigenvalue weighted by Gasteiger charge is 2.52. The predicted octanol–water partition coefficient (Wildman–Crippen LogP) is 8.57. The molecule has 4 aromatic rings. The van der Waals surface area contributed by atoms with Crippen molar-refractivity contribution < 1.29 is 19.1 Å². The van der Waals surface area contributed by atoms with Crippen LogP contribution >= 0.6 is 11.3 Å². The average molecular weight is 551 g/mol. The molecule has 0 N–H and O–H groups in total. The smallest absolute Gasteiger partial charge is 0.338 e. The second-order valence-electron chi connectivity index (χ2n) is 12.1. The van der Waals surface area contributed by atoms with Crippen LogP contribution in [0.15, 0.2) is 72.1 Å². The molecule has 0 unspecified atom stereocenters. The predicted molar refractivity (Wildman–Crippen MR) is 159 cm³/mol. The molecular weight excluding hydrogens is 516 g/mol. The Morgan fingerprint density at radius 3 is 2.25 bits per heavy atom. The summed E-state index contributed by atoms with van der Waals surface area (Å²) in [7, 11) is 0. The Morgan fingerprint density at radius 2 is 1.55 bits per heavy atom. The molecule has 40 heavy (non-hydrogen) atoms. The zero-order valence-electron chi connectivity index (χ0n) is 22.9. The number of hydrogen-bond acceptors (Lipinski definition) is 5. The second kappa shape index (κ2) is 10.2. The van der Waals surface area contributed by atoms with Crippen LogP contribution in [0.2, 0.25) is 0 Å². The van der Waals surface area contributed by atoms with Crippen molar-refractivity contribution in [1.29, 1.82) is 0 Å². The van der Waals surface area contributed by atoms with Gasteiger partial charge < -0.3 is 9.47 Å². The first-order valence-corrected chi connectivity index (χ1v) is 15.4. The maximum absolute atomic E-state index is 13.7. The van der Waals surface area contributed by atoms with Gasteiger partial charge in [0.1, 0.15) is 6.61 Å². The summed E-state index contributed by atoms with van der Waals surface area (Å²) in [5.74, 6) is 1.81. The van der Waals surface area contributed by atoms with Crippen molar-refractivity contribution in [3.63, 3.8) is 0 Å². The topological polar surface area (TPSA) is 52.6 Å². The number of esters is 2. The molecule has 0 saturated heterocycles. The Morgan fingerprint density at radius 1 is 0.825 bits per heavy atom. The van der Waals surface area contributed by atoms with Gasteiger partial charge in [0.2, 0.25) is 0 Å². The lowest BCUT2D eigenvalue weighted by Crippen LogP contribution is -2.49. The number of carbonyl (C=O) groups excluding carboxylic acids is 2. The van der Waals surface area contributed by atoms with Crippen LogP contribution in [0.25, 0.3) is 21.2 Å². The quantitative estimate of drug-likeness (QED) is 0.216. The van der Waals surface area contributed by atoms with Crippen LogP contribution in [-0.2, 0) is 21.5 Å². The van der Waals surface area contributed by atoms with E-state index in [2.05, 4.69) is 30.3 Å². The van der Waals surface area contributed by atoms with E-state index in [1.165, 1.54) is 44.1 Å². The monoisotopic (exact) mass is 550 g/mol. The maximum Gasteiger partial charge on any atom is 0.338 e. The summed E-state index contributed by atoms with van der Waals surface area (Å²) in [6, 6.07) is 22.6. The molecule has 4 saturated carbocycles. The lowest BCUT2D eigenvalue weighted by molar-refractivity contribution is -0.00608. The Hall–Kier alpha value is -3.44. The van der Waals surface area contributed by atoms with E-state index in [1.54, 1.807) is 11.3 Å². The van der Waals surface area contributed by atoms with E-state index in [0.29, 0.717) is 12.2 Å². The molecule has 4 aliphatic rings. The summed E-state index contributed by atoms with van der Waals surface area (Å²) in [6.07, 6.45) is 7.59. The molecule has 0 aliphatic heterocycles. The van der Waals surface area contributed by atoms with E-state index in [1.807, 2.05) is 48.7 Å². The Balaban J connectivity index is 1.28. The van der Waals surface area contributed by atoms with E-state index in [4.69, 9.17) is 9.47 Å². The highest BCUT2D eigenvalue weighted by Crippen LogP contribution is 2.61. The van der Waals surface area contributed by atoms with Gasteiger partial charge >= 0.3 is 11.9 Å². The molecule has 5 heteroatoms. The minimum Gasteiger partial charge on any atom is -0.462 e. The number of thiophene rings is 1. The third kappa shape index (κ3) is 4.64. The first-order chi connectivity index (χ1) is 19.5. The van der Waals surface area contributed by atoms with Crippen molar-refractivity contribution in [2.75, 3.05) is 6.61 Å². The minimum atomic E-state index is -0.284. The van der Waals surface area contributed by atoms with Crippen molar-refractivity contribution in [3.05, 3.63) is 94.4 Å². The van der Waals surface area contributed by atoms with E-state index < -0.39 is 0 Å². The van der Waals surface area contributed by atoms with Gasteiger partial charge in [0, 0.05) is 10.3 Å². The number of fused-ring (bicyclic) bond motifs is 1. The summed E-state index contributed by atoms with van der Waals surface area (Å²) < 4.78 is 11.1. The van der Waals surface area contributed by atoms with E-state index >= 15 is 0 Å². The molecule has 4 nitrogen and oxygen atoms in total. The average Bonchev–Trinajstić information content (AvgIpc) is 3.46. The summed E-state index contributed by atoms with van der Waals surface area (Å²) in [4.78, 5) is 27.0. The number of benzene rings is 3. The molecule has 4 bridgehead atoms. The van der Waals surface area contributed by atoms with Gasteiger partial charge in [-0.2, -0.15) is 0 Å². The summed E-state index contributed by atoms with van der Waals surface area (Å²) in [5.41, 5.74) is 4.64. The van der Waals surface area contributed by atoms with Gasteiger partial charge in [0.05, 0.1) is 17.7 Å². The molecule has 0 atom stereocenters. The summed E-state index contributed by atoms with van der Waals surface area (Å²) >= 11 is 1.55. The first kappa shape index (κ1) is 25.5. The summed E-state index contributed by atoms with van der Waals surface area (Å²) in [5, 5.41) is 4.03. The second-order valence-corrected chi connectivity index (χ2v) is 13.1. The third-order valence-corrected chi connectivity index (χ3v) is 10.4. The van der Waals surface area contributed by atoms with Crippen molar-refractivity contribution in [2.45, 2.75) is 57.5 Å². The fourth-order valence-electron chi connectivity index (χ4n) is 8.11. The molecule has 204 valence electrons. The minimum absolute atomic E-state index is 0.0556. The first-order valence-electron chi connectivity index (χ1n) is 14.5. The number of rotatable bonds is 7. The van der Waals surface area contributed by atoms with Crippen molar-refractivity contribution >= 4 is 34.0 Å². The molecule has 8 rings (SSSR count). The van der Waals surface area contributed by atoms with Crippen LogP contribution in [0, 0.1) is 17.8 Å². The lowest BCUT2D eigenvalue weighted by Gasteiger charge is -2.57.